The number of hydrogen-bond donors (Lipinski definition) is 2. The maximum Gasteiger partial charge on any atom is 0.453 e. The summed E-state index contributed by atoms with van der Waals surface area (Å²) in [5, 5.41) is 3.55. The number of carbonyl (C=O) groups is 1. The molecule has 3 N–H and O–H groups in total. The number of hydrogen-bond acceptors (Lipinski definition) is 4. The summed E-state index contributed by atoms with van der Waals surface area (Å²) in [6.45, 7) is 0. The average molecular weight is 416 g/mol. The Labute approximate surface area is 166 Å². The third-order valence-corrected chi connectivity index (χ3v) is 4.34. The van der Waals surface area contributed by atoms with Crippen molar-refractivity contribution in [1.29, 1.82) is 0 Å². The molecule has 10 heteroatoms. The molecule has 2 aromatic heterocycles. The molecule has 0 aliphatic heterocycles. The lowest BCUT2D eigenvalue weighted by atomic mass is 10.0. The van der Waals surface area contributed by atoms with Gasteiger partial charge in [-0.2, -0.15) is 13.2 Å². The Hall–Kier alpha value is -3.95. The van der Waals surface area contributed by atoms with Crippen LogP contribution in [0.2, 0.25) is 0 Å². The average Bonchev–Trinajstić information content (AvgIpc) is 3.35. The number of amides is 1. The highest BCUT2D eigenvalue weighted by molar-refractivity contribution is 5.93. The molecule has 30 heavy (non-hydrogen) atoms. The summed E-state index contributed by atoms with van der Waals surface area (Å²) in [5.41, 5.74) is 5.69. The number of nitrogens with two attached hydrogens (primary N) is 1. The highest BCUT2D eigenvalue weighted by atomic mass is 19.4. The molecule has 2 aromatic carbocycles. The van der Waals surface area contributed by atoms with Crippen molar-refractivity contribution in [1.82, 2.24) is 15.1 Å². The van der Waals surface area contributed by atoms with Crippen molar-refractivity contribution in [3.05, 3.63) is 71.9 Å². The molecular weight excluding hydrogens is 404 g/mol. The van der Waals surface area contributed by atoms with Crippen LogP contribution in [-0.4, -0.2) is 21.0 Å². The molecule has 2 heterocycles. The van der Waals surface area contributed by atoms with Crippen LogP contribution in [0.15, 0.2) is 59.3 Å². The second-order valence-electron chi connectivity index (χ2n) is 6.32. The number of benzene rings is 2. The molecule has 6 nitrogen and oxygen atoms in total. The molecule has 0 radical (unpaired) electrons. The third kappa shape index (κ3) is 3.54. The van der Waals surface area contributed by atoms with Gasteiger partial charge in [-0.15, -0.1) is 0 Å². The summed E-state index contributed by atoms with van der Waals surface area (Å²) >= 11 is 0. The van der Waals surface area contributed by atoms with Gasteiger partial charge in [-0.25, -0.2) is 9.37 Å². The van der Waals surface area contributed by atoms with Crippen LogP contribution < -0.4 is 5.73 Å². The minimum absolute atomic E-state index is 0.0584. The zero-order valence-electron chi connectivity index (χ0n) is 15.0. The van der Waals surface area contributed by atoms with Crippen molar-refractivity contribution in [2.45, 2.75) is 6.18 Å². The van der Waals surface area contributed by atoms with Crippen LogP contribution in [0, 0.1) is 5.82 Å². The number of primary amides is 1. The highest BCUT2D eigenvalue weighted by Crippen LogP contribution is 2.42. The van der Waals surface area contributed by atoms with E-state index in [1.165, 1.54) is 30.5 Å². The Morgan fingerprint density at radius 3 is 2.23 bits per heavy atom. The van der Waals surface area contributed by atoms with E-state index in [4.69, 9.17) is 5.73 Å². The lowest BCUT2D eigenvalue weighted by molar-refractivity contribution is -0.154. The summed E-state index contributed by atoms with van der Waals surface area (Å²) in [6, 6.07) is 10.9. The molecule has 0 atom stereocenters. The number of H-pyrrole nitrogens is 1. The molecule has 0 aliphatic rings. The van der Waals surface area contributed by atoms with Gasteiger partial charge < -0.3 is 15.2 Å². The molecule has 4 aromatic rings. The number of aromatic nitrogens is 3. The molecule has 0 bridgehead atoms. The van der Waals surface area contributed by atoms with Crippen LogP contribution in [0.1, 0.15) is 16.1 Å². The highest BCUT2D eigenvalue weighted by Gasteiger charge is 2.41. The van der Waals surface area contributed by atoms with Crippen molar-refractivity contribution < 1.29 is 26.9 Å². The lowest BCUT2D eigenvalue weighted by Crippen LogP contribution is -2.10. The normalized spacial score (nSPS) is 11.6. The van der Waals surface area contributed by atoms with Gasteiger partial charge in [0.2, 0.25) is 11.7 Å². The third-order valence-electron chi connectivity index (χ3n) is 4.34. The van der Waals surface area contributed by atoms with Crippen LogP contribution in [0.5, 0.6) is 0 Å². The molecule has 0 saturated heterocycles. The maximum absolute atomic E-state index is 13.5. The monoisotopic (exact) mass is 416 g/mol. The number of imidazole rings is 1. The van der Waals surface area contributed by atoms with Gasteiger partial charge in [-0.1, -0.05) is 17.3 Å². The predicted octanol–water partition coefficient (Wildman–Crippen LogP) is 4.66. The Balaban J connectivity index is 1.81. The SMILES string of the molecule is NC(=O)c1ccc(-c2nc(-c3c(-c4ccc(F)cc4)noc3C(F)(F)F)c[nH]2)cc1. The lowest BCUT2D eigenvalue weighted by Gasteiger charge is -2.05. The Morgan fingerprint density at radius 1 is 1.00 bits per heavy atom. The van der Waals surface area contributed by atoms with Crippen molar-refractivity contribution in [3.8, 4) is 33.9 Å². The van der Waals surface area contributed by atoms with E-state index in [1.807, 2.05) is 0 Å². The van der Waals surface area contributed by atoms with E-state index in [2.05, 4.69) is 19.6 Å². The molecule has 4 rings (SSSR count). The van der Waals surface area contributed by atoms with Gasteiger partial charge in [0.25, 0.3) is 0 Å². The molecule has 152 valence electrons. The van der Waals surface area contributed by atoms with Gasteiger partial charge in [-0.05, 0) is 36.4 Å². The van der Waals surface area contributed by atoms with Gasteiger partial charge in [0.1, 0.15) is 17.3 Å². The largest absolute Gasteiger partial charge is 0.453 e. The van der Waals surface area contributed by atoms with Crippen LogP contribution >= 0.6 is 0 Å². The summed E-state index contributed by atoms with van der Waals surface area (Å²) < 4.78 is 58.3. The first-order valence-electron chi connectivity index (χ1n) is 8.53. The van der Waals surface area contributed by atoms with Crippen molar-refractivity contribution in [3.63, 3.8) is 0 Å². The van der Waals surface area contributed by atoms with Crippen LogP contribution in [0.3, 0.4) is 0 Å². The predicted molar refractivity (Wildman–Crippen MR) is 98.4 cm³/mol. The summed E-state index contributed by atoms with van der Waals surface area (Å²) in [5.74, 6) is -2.20. The maximum atomic E-state index is 13.5. The first kappa shape index (κ1) is 19.4. The number of nitrogens with one attached hydrogen (secondary N) is 1. The van der Waals surface area contributed by atoms with E-state index in [1.54, 1.807) is 12.1 Å². The molecule has 0 unspecified atom stereocenters. The van der Waals surface area contributed by atoms with E-state index in [9.17, 15) is 22.4 Å². The van der Waals surface area contributed by atoms with Crippen molar-refractivity contribution in [2.75, 3.05) is 0 Å². The van der Waals surface area contributed by atoms with E-state index < -0.39 is 23.7 Å². The molecule has 1 amide bonds. The first-order chi connectivity index (χ1) is 14.2. The number of aromatic amines is 1. The van der Waals surface area contributed by atoms with Crippen molar-refractivity contribution >= 4 is 5.91 Å². The Morgan fingerprint density at radius 2 is 1.63 bits per heavy atom. The van der Waals surface area contributed by atoms with Gasteiger partial charge in [0.05, 0.1) is 11.3 Å². The van der Waals surface area contributed by atoms with E-state index >= 15 is 0 Å². The number of alkyl halides is 3. The minimum Gasteiger partial charge on any atom is -0.366 e. The quantitative estimate of drug-likeness (QED) is 0.473. The van der Waals surface area contributed by atoms with E-state index in [0.29, 0.717) is 5.56 Å². The zero-order valence-corrected chi connectivity index (χ0v) is 15.0. The fraction of sp³-hybridized carbons (Fsp3) is 0.0500. The van der Waals surface area contributed by atoms with E-state index in [-0.39, 0.29) is 33.9 Å². The fourth-order valence-corrected chi connectivity index (χ4v) is 2.92. The van der Waals surface area contributed by atoms with Crippen molar-refractivity contribution in [2.24, 2.45) is 5.73 Å². The smallest absolute Gasteiger partial charge is 0.366 e. The van der Waals surface area contributed by atoms with E-state index in [0.717, 1.165) is 12.1 Å². The Kier molecular flexibility index (Phi) is 4.61. The van der Waals surface area contributed by atoms with Gasteiger partial charge in [0, 0.05) is 22.9 Å². The van der Waals surface area contributed by atoms with Gasteiger partial charge in [0.15, 0.2) is 0 Å². The second kappa shape index (κ2) is 7.14. The molecule has 0 spiro atoms. The van der Waals surface area contributed by atoms with Crippen LogP contribution in [0.4, 0.5) is 17.6 Å². The molecule has 0 aliphatic carbocycles. The zero-order chi connectivity index (χ0) is 21.5. The number of carbonyl (C=O) groups excluding carboxylic acids is 1. The summed E-state index contributed by atoms with van der Waals surface area (Å²) in [6.07, 6.45) is -3.53. The van der Waals surface area contributed by atoms with Crippen LogP contribution in [0.25, 0.3) is 33.9 Å². The minimum atomic E-state index is -4.82. The molecular formula is C20H12F4N4O2. The molecule has 0 saturated carbocycles. The number of halogens is 4. The first-order valence-corrected chi connectivity index (χ1v) is 8.53. The topological polar surface area (TPSA) is 97.8 Å². The fourth-order valence-electron chi connectivity index (χ4n) is 2.92. The number of rotatable bonds is 4. The van der Waals surface area contributed by atoms with Gasteiger partial charge in [-0.3, -0.25) is 4.79 Å². The Bertz CT molecular complexity index is 1210. The summed E-state index contributed by atoms with van der Waals surface area (Å²) in [7, 11) is 0. The second-order valence-corrected chi connectivity index (χ2v) is 6.32. The standard InChI is InChI=1S/C20H12F4N4O2/c21-13-7-5-10(6-8-13)16-15(17(30-28-16)20(22,23)24)14-9-26-19(27-14)12-3-1-11(2-4-12)18(25)29/h1-9H,(H2,25,29)(H,26,27). The number of nitrogens with zero attached hydrogens (tertiary/aromatic N) is 2. The van der Waals surface area contributed by atoms with Crippen LogP contribution in [-0.2, 0) is 6.18 Å². The van der Waals surface area contributed by atoms with Gasteiger partial charge >= 0.3 is 6.18 Å². The molecule has 0 fully saturated rings. The summed E-state index contributed by atoms with van der Waals surface area (Å²) in [4.78, 5) is 18.2.